The number of guanidine groups is 1. The Labute approximate surface area is 191 Å². The van der Waals surface area contributed by atoms with E-state index < -0.39 is 0 Å². The fraction of sp³-hybridized carbons (Fsp3) is 0.571. The number of halogens is 1. The van der Waals surface area contributed by atoms with Crippen LogP contribution in [0.4, 0.5) is 5.82 Å². The van der Waals surface area contributed by atoms with Gasteiger partial charge in [-0.15, -0.1) is 24.0 Å². The fourth-order valence-corrected chi connectivity index (χ4v) is 3.66. The van der Waals surface area contributed by atoms with Crippen LogP contribution in [0.1, 0.15) is 48.2 Å². The van der Waals surface area contributed by atoms with Crippen LogP contribution in [0.3, 0.4) is 0 Å². The van der Waals surface area contributed by atoms with Crippen LogP contribution in [0.2, 0.25) is 0 Å². The molecule has 0 amide bonds. The molecule has 1 aliphatic heterocycles. The first-order valence-corrected chi connectivity index (χ1v) is 10.2. The maximum Gasteiger partial charge on any atom is 0.191 e. The molecule has 0 spiro atoms. The van der Waals surface area contributed by atoms with Gasteiger partial charge in [0.1, 0.15) is 5.82 Å². The van der Waals surface area contributed by atoms with E-state index in [1.807, 2.05) is 24.9 Å². The van der Waals surface area contributed by atoms with Gasteiger partial charge in [-0.3, -0.25) is 9.67 Å². The van der Waals surface area contributed by atoms with Crippen molar-refractivity contribution in [1.29, 1.82) is 0 Å². The van der Waals surface area contributed by atoms with E-state index in [1.54, 1.807) is 7.05 Å². The van der Waals surface area contributed by atoms with Crippen molar-refractivity contribution in [1.82, 2.24) is 25.4 Å². The second-order valence-corrected chi connectivity index (χ2v) is 7.48. The second-order valence-electron chi connectivity index (χ2n) is 7.48. The van der Waals surface area contributed by atoms with E-state index in [0.29, 0.717) is 13.1 Å². The van der Waals surface area contributed by atoms with E-state index in [4.69, 9.17) is 0 Å². The molecular weight excluding hydrogens is 477 g/mol. The average Bonchev–Trinajstić information content (AvgIpc) is 2.90. The Morgan fingerprint density at radius 3 is 2.31 bits per heavy atom. The van der Waals surface area contributed by atoms with Crippen molar-refractivity contribution >= 4 is 35.8 Å². The highest BCUT2D eigenvalue weighted by molar-refractivity contribution is 14.0. The molecule has 7 nitrogen and oxygen atoms in total. The summed E-state index contributed by atoms with van der Waals surface area (Å²) in [6.45, 7) is 7.76. The smallest absolute Gasteiger partial charge is 0.191 e. The first kappa shape index (κ1) is 23.4. The zero-order valence-electron chi connectivity index (χ0n) is 18.0. The van der Waals surface area contributed by atoms with Crippen LogP contribution in [-0.4, -0.2) is 40.9 Å². The van der Waals surface area contributed by atoms with Crippen LogP contribution in [-0.2, 0) is 20.1 Å². The summed E-state index contributed by atoms with van der Waals surface area (Å²) >= 11 is 0. The van der Waals surface area contributed by atoms with Gasteiger partial charge in [-0.1, -0.05) is 18.9 Å². The first-order valence-electron chi connectivity index (χ1n) is 10.2. The summed E-state index contributed by atoms with van der Waals surface area (Å²) in [4.78, 5) is 11.4. The Bertz CT molecular complexity index is 790. The number of hydrogen-bond donors (Lipinski definition) is 2. The largest absolute Gasteiger partial charge is 0.357 e. The number of hydrogen-bond acceptors (Lipinski definition) is 4. The Hall–Kier alpha value is -1.84. The molecule has 1 saturated heterocycles. The minimum absolute atomic E-state index is 0. The number of aromatic nitrogens is 3. The molecule has 0 aliphatic carbocycles. The van der Waals surface area contributed by atoms with E-state index >= 15 is 0 Å². The van der Waals surface area contributed by atoms with Gasteiger partial charge in [-0.25, -0.2) is 4.98 Å². The van der Waals surface area contributed by atoms with E-state index in [9.17, 15) is 0 Å². The molecule has 1 fully saturated rings. The topological polar surface area (TPSA) is 70.4 Å². The molecule has 8 heteroatoms. The van der Waals surface area contributed by atoms with Gasteiger partial charge in [0.25, 0.3) is 0 Å². The number of anilines is 1. The Kier molecular flexibility index (Phi) is 9.19. The summed E-state index contributed by atoms with van der Waals surface area (Å²) in [5.41, 5.74) is 4.59. The number of rotatable bonds is 5. The second kappa shape index (κ2) is 11.4. The van der Waals surface area contributed by atoms with Crippen molar-refractivity contribution in [3.05, 3.63) is 40.8 Å². The summed E-state index contributed by atoms with van der Waals surface area (Å²) in [5.74, 6) is 1.87. The van der Waals surface area contributed by atoms with E-state index in [2.05, 4.69) is 49.7 Å². The lowest BCUT2D eigenvalue weighted by molar-refractivity contribution is 0.726. The van der Waals surface area contributed by atoms with Gasteiger partial charge in [0.2, 0.25) is 0 Å². The number of aliphatic imine (C=N–C) groups is 1. The number of nitrogens with zero attached hydrogens (tertiary/aromatic N) is 5. The van der Waals surface area contributed by atoms with E-state index in [0.717, 1.165) is 36.1 Å². The molecule has 3 heterocycles. The highest BCUT2D eigenvalue weighted by Gasteiger charge is 2.12. The normalized spacial score (nSPS) is 14.9. The van der Waals surface area contributed by atoms with Crippen molar-refractivity contribution in [3.63, 3.8) is 0 Å². The lowest BCUT2D eigenvalue weighted by Crippen LogP contribution is -2.36. The SMILES string of the molecule is CN=C(NCc1ccc(N2CCCCCC2)nc1)NCc1c(C)nn(C)c1C.I. The van der Waals surface area contributed by atoms with Crippen molar-refractivity contribution in [3.8, 4) is 0 Å². The van der Waals surface area contributed by atoms with Crippen LogP contribution >= 0.6 is 24.0 Å². The average molecular weight is 511 g/mol. The number of nitrogens with one attached hydrogen (secondary N) is 2. The predicted molar refractivity (Wildman–Crippen MR) is 130 cm³/mol. The van der Waals surface area contributed by atoms with Gasteiger partial charge in [-0.05, 0) is 38.3 Å². The molecule has 0 radical (unpaired) electrons. The molecule has 0 aromatic carbocycles. The third-order valence-corrected chi connectivity index (χ3v) is 5.51. The zero-order valence-corrected chi connectivity index (χ0v) is 20.4. The highest BCUT2D eigenvalue weighted by Crippen LogP contribution is 2.17. The Morgan fingerprint density at radius 2 is 1.76 bits per heavy atom. The molecule has 3 rings (SSSR count). The third kappa shape index (κ3) is 6.32. The predicted octanol–water partition coefficient (Wildman–Crippen LogP) is 3.30. The number of aryl methyl sites for hydroxylation is 2. The molecule has 2 N–H and O–H groups in total. The molecular formula is C21H34IN7. The highest BCUT2D eigenvalue weighted by atomic mass is 127. The zero-order chi connectivity index (χ0) is 19.9. The summed E-state index contributed by atoms with van der Waals surface area (Å²) in [7, 11) is 3.76. The maximum absolute atomic E-state index is 4.68. The molecule has 1 aliphatic rings. The molecule has 0 atom stereocenters. The molecule has 2 aromatic rings. The number of pyridine rings is 1. The van der Waals surface area contributed by atoms with Crippen LogP contribution in [0, 0.1) is 13.8 Å². The van der Waals surface area contributed by atoms with Crippen LogP contribution in [0.15, 0.2) is 23.3 Å². The van der Waals surface area contributed by atoms with Crippen molar-refractivity contribution in [2.75, 3.05) is 25.0 Å². The van der Waals surface area contributed by atoms with Gasteiger partial charge in [0, 0.05) is 57.7 Å². The van der Waals surface area contributed by atoms with Crippen molar-refractivity contribution < 1.29 is 0 Å². The third-order valence-electron chi connectivity index (χ3n) is 5.51. The van der Waals surface area contributed by atoms with Crippen LogP contribution in [0.25, 0.3) is 0 Å². The van der Waals surface area contributed by atoms with E-state index in [-0.39, 0.29) is 24.0 Å². The summed E-state index contributed by atoms with van der Waals surface area (Å²) < 4.78 is 1.92. The molecule has 0 saturated carbocycles. The quantitative estimate of drug-likeness (QED) is 0.367. The molecule has 0 bridgehead atoms. The fourth-order valence-electron chi connectivity index (χ4n) is 3.66. The lowest BCUT2D eigenvalue weighted by atomic mass is 10.2. The molecule has 29 heavy (non-hydrogen) atoms. The minimum Gasteiger partial charge on any atom is -0.357 e. The van der Waals surface area contributed by atoms with Gasteiger partial charge in [0.15, 0.2) is 5.96 Å². The minimum atomic E-state index is 0. The maximum atomic E-state index is 4.68. The molecule has 160 valence electrons. The van der Waals surface area contributed by atoms with E-state index in [1.165, 1.54) is 36.9 Å². The van der Waals surface area contributed by atoms with Gasteiger partial charge in [-0.2, -0.15) is 5.10 Å². The van der Waals surface area contributed by atoms with Crippen molar-refractivity contribution in [2.45, 2.75) is 52.6 Å². The molecule has 2 aromatic heterocycles. The van der Waals surface area contributed by atoms with Crippen LogP contribution in [0.5, 0.6) is 0 Å². The summed E-state index contributed by atoms with van der Waals surface area (Å²) in [6.07, 6.45) is 7.17. The first-order chi connectivity index (χ1) is 13.6. The van der Waals surface area contributed by atoms with Crippen molar-refractivity contribution in [2.24, 2.45) is 12.0 Å². The van der Waals surface area contributed by atoms with Gasteiger partial charge >= 0.3 is 0 Å². The lowest BCUT2D eigenvalue weighted by Gasteiger charge is -2.21. The van der Waals surface area contributed by atoms with Crippen LogP contribution < -0.4 is 15.5 Å². The monoisotopic (exact) mass is 511 g/mol. The summed E-state index contributed by atoms with van der Waals surface area (Å²) in [6, 6.07) is 4.30. The Balaban J connectivity index is 0.00000300. The van der Waals surface area contributed by atoms with Gasteiger partial charge < -0.3 is 15.5 Å². The Morgan fingerprint density at radius 1 is 1.07 bits per heavy atom. The van der Waals surface area contributed by atoms with Gasteiger partial charge in [0.05, 0.1) is 5.69 Å². The standard InChI is InChI=1S/C21H33N7.HI/c1-16-19(17(2)27(4)26-16)15-25-21(22-3)24-14-18-9-10-20(23-13-18)28-11-7-5-6-8-12-28;/h9-10,13H,5-8,11-12,14-15H2,1-4H3,(H2,22,24,25);1H. The molecule has 0 unspecified atom stereocenters. The summed E-state index contributed by atoms with van der Waals surface area (Å²) in [5, 5.41) is 11.2.